The largest absolute Gasteiger partial charge is 0.335 e. The van der Waals surface area contributed by atoms with Gasteiger partial charge in [-0.2, -0.15) is 5.10 Å². The first-order chi connectivity index (χ1) is 10.1. The summed E-state index contributed by atoms with van der Waals surface area (Å²) in [6, 6.07) is 12.0. The Morgan fingerprint density at radius 2 is 1.95 bits per heavy atom. The van der Waals surface area contributed by atoms with Gasteiger partial charge in [0, 0.05) is 32.1 Å². The molecule has 0 spiro atoms. The molecule has 2 atom stereocenters. The fraction of sp³-hybridized carbons (Fsp3) is 0.375. The van der Waals surface area contributed by atoms with Crippen LogP contribution in [0, 0.1) is 6.92 Å². The molecule has 2 heterocycles. The van der Waals surface area contributed by atoms with Gasteiger partial charge in [0.15, 0.2) is 0 Å². The van der Waals surface area contributed by atoms with E-state index in [1.807, 2.05) is 36.1 Å². The second-order valence-electron chi connectivity index (χ2n) is 5.69. The number of halogens is 1. The highest BCUT2D eigenvalue weighted by molar-refractivity contribution is 5.93. The van der Waals surface area contributed by atoms with Crippen LogP contribution in [0.1, 0.15) is 27.7 Å². The predicted molar refractivity (Wildman–Crippen MR) is 88.3 cm³/mol. The summed E-state index contributed by atoms with van der Waals surface area (Å²) in [5.41, 5.74) is 8.91. The summed E-state index contributed by atoms with van der Waals surface area (Å²) in [4.78, 5) is 14.4. The number of hydrogen-bond acceptors (Lipinski definition) is 3. The lowest BCUT2D eigenvalue weighted by molar-refractivity contribution is 0.0778. The second-order valence-corrected chi connectivity index (χ2v) is 5.69. The Bertz CT molecular complexity index is 655. The van der Waals surface area contributed by atoms with Crippen molar-refractivity contribution in [1.29, 1.82) is 0 Å². The Morgan fingerprint density at radius 3 is 2.55 bits per heavy atom. The number of nitrogens with zero attached hydrogens (tertiary/aromatic N) is 3. The minimum absolute atomic E-state index is 0. The van der Waals surface area contributed by atoms with Crippen LogP contribution < -0.4 is 5.73 Å². The molecule has 1 aliphatic rings. The number of carbonyl (C=O) groups is 1. The average Bonchev–Trinajstić information content (AvgIpc) is 3.02. The predicted octanol–water partition coefficient (Wildman–Crippen LogP) is 1.72. The van der Waals surface area contributed by atoms with Gasteiger partial charge in [-0.25, -0.2) is 0 Å². The van der Waals surface area contributed by atoms with E-state index in [9.17, 15) is 4.79 Å². The molecule has 1 aliphatic heterocycles. The van der Waals surface area contributed by atoms with E-state index in [4.69, 9.17) is 5.73 Å². The smallest absolute Gasteiger partial charge is 0.272 e. The van der Waals surface area contributed by atoms with Crippen molar-refractivity contribution >= 4 is 18.3 Å². The van der Waals surface area contributed by atoms with Crippen LogP contribution in [0.25, 0.3) is 0 Å². The van der Waals surface area contributed by atoms with Gasteiger partial charge < -0.3 is 10.6 Å². The number of likely N-dealkylation sites (tertiary alicyclic amines) is 1. The van der Waals surface area contributed by atoms with Crippen molar-refractivity contribution in [3.8, 4) is 0 Å². The van der Waals surface area contributed by atoms with Crippen LogP contribution in [0.3, 0.4) is 0 Å². The van der Waals surface area contributed by atoms with E-state index in [-0.39, 0.29) is 30.3 Å². The van der Waals surface area contributed by atoms with Gasteiger partial charge in [-0.1, -0.05) is 30.3 Å². The van der Waals surface area contributed by atoms with E-state index < -0.39 is 0 Å². The minimum Gasteiger partial charge on any atom is -0.335 e. The lowest BCUT2D eigenvalue weighted by Crippen LogP contribution is -2.33. The molecule has 2 N–H and O–H groups in total. The summed E-state index contributed by atoms with van der Waals surface area (Å²) >= 11 is 0. The van der Waals surface area contributed by atoms with Crippen molar-refractivity contribution in [2.24, 2.45) is 12.8 Å². The Labute approximate surface area is 136 Å². The summed E-state index contributed by atoms with van der Waals surface area (Å²) in [7, 11) is 1.80. The van der Waals surface area contributed by atoms with E-state index in [1.165, 1.54) is 5.56 Å². The summed E-state index contributed by atoms with van der Waals surface area (Å²) in [6.07, 6.45) is 0. The number of carbonyl (C=O) groups excluding carboxylic acids is 1. The molecule has 5 nitrogen and oxygen atoms in total. The normalized spacial score (nSPS) is 20.8. The molecule has 118 valence electrons. The first-order valence-electron chi connectivity index (χ1n) is 7.16. The molecule has 22 heavy (non-hydrogen) atoms. The van der Waals surface area contributed by atoms with Gasteiger partial charge in [0.2, 0.25) is 0 Å². The number of aromatic nitrogens is 2. The van der Waals surface area contributed by atoms with Gasteiger partial charge >= 0.3 is 0 Å². The molecule has 0 saturated carbocycles. The van der Waals surface area contributed by atoms with E-state index >= 15 is 0 Å². The highest BCUT2D eigenvalue weighted by Gasteiger charge is 2.35. The quantitative estimate of drug-likeness (QED) is 0.916. The molecule has 1 aromatic heterocycles. The number of aryl methyl sites for hydroxylation is 2. The third-order valence-corrected chi connectivity index (χ3v) is 4.10. The van der Waals surface area contributed by atoms with Crippen LogP contribution in [-0.4, -0.2) is 39.7 Å². The maximum atomic E-state index is 12.6. The maximum Gasteiger partial charge on any atom is 0.272 e. The van der Waals surface area contributed by atoms with E-state index in [2.05, 4.69) is 17.2 Å². The molecule has 6 heteroatoms. The monoisotopic (exact) mass is 320 g/mol. The van der Waals surface area contributed by atoms with Crippen LogP contribution >= 0.6 is 12.4 Å². The Balaban J connectivity index is 0.00000176. The third kappa shape index (κ3) is 3.00. The molecule has 1 saturated heterocycles. The molecule has 0 unspecified atom stereocenters. The van der Waals surface area contributed by atoms with Crippen LogP contribution in [0.2, 0.25) is 0 Å². The molecular weight excluding hydrogens is 300 g/mol. The molecule has 0 aliphatic carbocycles. The van der Waals surface area contributed by atoms with Crippen molar-refractivity contribution in [1.82, 2.24) is 14.7 Å². The first-order valence-corrected chi connectivity index (χ1v) is 7.16. The van der Waals surface area contributed by atoms with Gasteiger partial charge in [0.1, 0.15) is 5.69 Å². The Kier molecular flexibility index (Phi) is 4.88. The summed E-state index contributed by atoms with van der Waals surface area (Å²) in [5.74, 6) is 0.205. The second kappa shape index (κ2) is 6.50. The highest BCUT2D eigenvalue weighted by Crippen LogP contribution is 2.27. The zero-order chi connectivity index (χ0) is 15.0. The molecule has 1 amide bonds. The lowest BCUT2D eigenvalue weighted by atomic mass is 9.95. The summed E-state index contributed by atoms with van der Waals surface area (Å²) < 4.78 is 1.64. The molecule has 2 aromatic rings. The van der Waals surface area contributed by atoms with Crippen LogP contribution in [0.5, 0.6) is 0 Å². The Morgan fingerprint density at radius 1 is 1.27 bits per heavy atom. The van der Waals surface area contributed by atoms with E-state index in [0.29, 0.717) is 18.8 Å². The molecule has 1 fully saturated rings. The van der Waals surface area contributed by atoms with Crippen molar-refractivity contribution in [2.75, 3.05) is 13.1 Å². The Hall–Kier alpha value is -1.85. The molecule has 0 radical (unpaired) electrons. The number of nitrogens with two attached hydrogens (primary N) is 1. The number of amides is 1. The van der Waals surface area contributed by atoms with Gasteiger partial charge in [-0.3, -0.25) is 9.48 Å². The van der Waals surface area contributed by atoms with E-state index in [1.54, 1.807) is 11.7 Å². The number of benzene rings is 1. The zero-order valence-electron chi connectivity index (χ0n) is 12.8. The van der Waals surface area contributed by atoms with Crippen molar-refractivity contribution in [3.63, 3.8) is 0 Å². The van der Waals surface area contributed by atoms with Crippen LogP contribution in [0.4, 0.5) is 0 Å². The van der Waals surface area contributed by atoms with Crippen LogP contribution in [-0.2, 0) is 7.05 Å². The van der Waals surface area contributed by atoms with Gasteiger partial charge in [-0.15, -0.1) is 12.4 Å². The first kappa shape index (κ1) is 16.5. The number of hydrogen-bond donors (Lipinski definition) is 1. The minimum atomic E-state index is -0.0225. The number of rotatable bonds is 2. The molecule has 0 bridgehead atoms. The van der Waals surface area contributed by atoms with Gasteiger partial charge in [0.25, 0.3) is 5.91 Å². The van der Waals surface area contributed by atoms with Gasteiger partial charge in [-0.05, 0) is 18.6 Å². The molecule has 1 aromatic carbocycles. The average molecular weight is 321 g/mol. The van der Waals surface area contributed by atoms with Crippen LogP contribution in [0.15, 0.2) is 36.4 Å². The molecule has 3 rings (SSSR count). The fourth-order valence-electron chi connectivity index (χ4n) is 3.02. The molecular formula is C16H21ClN4O. The topological polar surface area (TPSA) is 64.2 Å². The van der Waals surface area contributed by atoms with Crippen molar-refractivity contribution in [2.45, 2.75) is 18.9 Å². The third-order valence-electron chi connectivity index (χ3n) is 4.10. The SMILES string of the molecule is Cc1cc(C(=O)N2C[C@@H](N)[C@H](c3ccccc3)C2)n(C)n1.Cl. The fourth-order valence-corrected chi connectivity index (χ4v) is 3.02. The lowest BCUT2D eigenvalue weighted by Gasteiger charge is -2.16. The summed E-state index contributed by atoms with van der Waals surface area (Å²) in [6.45, 7) is 3.14. The zero-order valence-corrected chi connectivity index (χ0v) is 13.6. The van der Waals surface area contributed by atoms with Crippen molar-refractivity contribution in [3.05, 3.63) is 53.3 Å². The van der Waals surface area contributed by atoms with E-state index in [0.717, 1.165) is 5.69 Å². The van der Waals surface area contributed by atoms with Crippen molar-refractivity contribution < 1.29 is 4.79 Å². The standard InChI is InChI=1S/C16H20N4O.ClH/c1-11-8-15(19(2)18-11)16(21)20-9-13(14(17)10-20)12-6-4-3-5-7-12;/h3-8,13-14H,9-10,17H2,1-2H3;1H/t13-,14+;/m0./s1. The summed E-state index contributed by atoms with van der Waals surface area (Å²) in [5, 5.41) is 4.24. The maximum absolute atomic E-state index is 12.6. The highest BCUT2D eigenvalue weighted by atomic mass is 35.5. The van der Waals surface area contributed by atoms with Gasteiger partial charge in [0.05, 0.1) is 5.69 Å².